The van der Waals surface area contributed by atoms with Gasteiger partial charge in [0.05, 0.1) is 5.41 Å². The number of nitrogens with zero attached hydrogens (tertiary/aromatic N) is 4. The first-order chi connectivity index (χ1) is 58.5. The van der Waals surface area contributed by atoms with Crippen molar-refractivity contribution in [2.24, 2.45) is 0 Å². The van der Waals surface area contributed by atoms with Gasteiger partial charge in [0.25, 0.3) is 0 Å². The Morgan fingerprint density at radius 2 is 0.496 bits per heavy atom. The molecule has 5 heteroatoms. The number of aromatic nitrogens is 2. The standard InChI is InChI=1S/C32H27N.C27H22.C20H19N.C17H18.2C7H9N.C6H8S/c1-24-8-12-26(13-9-24)28-16-20-31(21-17-28)33(30-6-4-3-5-7-30)32-22-18-29(19-23-32)27-14-10-25(2)11-15-27;1-19-13-15-23-24-16-14-20(2)18-26(24)27(25(23)17-19,21-9-5-3-6-10-21)22-11-7-4-8-12-22;1-16-8-12-19(13-9-16)21(18-6-4-3-5-7-18)20-14-10-17(2)11-15-20;1-11-5-7-13-14-8-6-12(2)10-16(14)17(3,4)15(13)9-11;1-6-3-4-8-7(2)5-6;1-6-3-4-7(2)8-5-6;1-5-3-4-6(2)7-5/h3-23H,1-2H3;3-18H,1-2H3;3-15H,1-2H3;5-10H,1-4H3;2*3-5H,1-2H3;3-4H,1-2H3. The van der Waals surface area contributed by atoms with Gasteiger partial charge in [0.15, 0.2) is 0 Å². The Labute approximate surface area is 725 Å². The van der Waals surface area contributed by atoms with Gasteiger partial charge < -0.3 is 9.80 Å². The van der Waals surface area contributed by atoms with E-state index in [1.165, 1.54) is 160 Å². The molecule has 0 atom stereocenters. The van der Waals surface area contributed by atoms with Gasteiger partial charge in [-0.25, -0.2) is 0 Å². The van der Waals surface area contributed by atoms with Crippen molar-refractivity contribution in [3.05, 3.63) is 499 Å². The van der Waals surface area contributed by atoms with Crippen LogP contribution in [-0.4, -0.2) is 9.97 Å². The molecule has 14 aromatic carbocycles. The summed E-state index contributed by atoms with van der Waals surface area (Å²) in [5.41, 5.74) is 40.7. The SMILES string of the molecule is Cc1ccc(-c2ccc(N(c3ccccc3)c3ccc(-c4ccc(C)cc4)cc3)cc2)cc1.Cc1ccc(C)nc1.Cc1ccc(C)s1.Cc1ccc(N(c2ccccc2)c2ccc(C)cc2)cc1.Cc1ccc2c(c1)C(C)(C)c1cc(C)ccc1-2.Cc1ccc2c(c1)C(c1ccccc1)(c1ccccc1)c1cc(C)ccc1-2.Cc1ccnc(C)c1. The molecule has 0 unspecified atom stereocenters. The van der Waals surface area contributed by atoms with Gasteiger partial charge in [0, 0.05) is 73.1 Å². The fraction of sp³-hybridized carbons (Fsp3) is 0.155. The average Bonchev–Trinajstić information content (AvgIpc) is 1.54. The van der Waals surface area contributed by atoms with Crippen LogP contribution < -0.4 is 9.80 Å². The lowest BCUT2D eigenvalue weighted by atomic mass is 9.67. The molecule has 19 rings (SSSR count). The third-order valence-corrected chi connectivity index (χ3v) is 23.4. The summed E-state index contributed by atoms with van der Waals surface area (Å²) >= 11 is 1.84. The molecule has 0 fully saturated rings. The van der Waals surface area contributed by atoms with Gasteiger partial charge in [0.2, 0.25) is 0 Å². The number of hydrogen-bond acceptors (Lipinski definition) is 5. The van der Waals surface area contributed by atoms with E-state index in [1.54, 1.807) is 0 Å². The molecule has 0 saturated heterocycles. The van der Waals surface area contributed by atoms with Crippen molar-refractivity contribution >= 4 is 45.5 Å². The number of para-hydroxylation sites is 2. The van der Waals surface area contributed by atoms with Crippen LogP contribution >= 0.6 is 11.3 Å². The van der Waals surface area contributed by atoms with Gasteiger partial charge in [-0.15, -0.1) is 11.3 Å². The van der Waals surface area contributed by atoms with Gasteiger partial charge in [-0.3, -0.25) is 9.97 Å². The number of thiophene rings is 1. The third kappa shape index (κ3) is 21.0. The molecular formula is C116H112N4S. The molecule has 3 heterocycles. The number of anilines is 6. The summed E-state index contributed by atoms with van der Waals surface area (Å²) in [4.78, 5) is 15.5. The number of hydrogen-bond donors (Lipinski definition) is 0. The molecule has 3 aromatic heterocycles. The fourth-order valence-electron chi connectivity index (χ4n) is 16.0. The number of benzene rings is 14. The van der Waals surface area contributed by atoms with Crippen molar-refractivity contribution in [2.45, 2.75) is 122 Å². The van der Waals surface area contributed by atoms with Crippen LogP contribution in [0, 0.1) is 96.9 Å². The van der Waals surface area contributed by atoms with E-state index in [2.05, 4.69) is 468 Å². The van der Waals surface area contributed by atoms with Crippen LogP contribution in [0.5, 0.6) is 0 Å². The first-order valence-corrected chi connectivity index (χ1v) is 42.9. The molecule has 17 aromatic rings. The summed E-state index contributed by atoms with van der Waals surface area (Å²) in [7, 11) is 0. The second-order valence-corrected chi connectivity index (χ2v) is 34.2. The molecule has 0 aliphatic heterocycles. The summed E-state index contributed by atoms with van der Waals surface area (Å²) in [6.07, 6.45) is 3.69. The van der Waals surface area contributed by atoms with Crippen LogP contribution in [0.3, 0.4) is 0 Å². The normalized spacial score (nSPS) is 11.8. The highest BCUT2D eigenvalue weighted by molar-refractivity contribution is 7.11. The lowest BCUT2D eigenvalue weighted by Crippen LogP contribution is -2.28. The summed E-state index contributed by atoms with van der Waals surface area (Å²) in [6.45, 7) is 34.2. The van der Waals surface area contributed by atoms with Crippen LogP contribution in [0.1, 0.15) is 124 Å². The molecular weight excluding hydrogens is 1480 g/mol. The Kier molecular flexibility index (Phi) is 27.9. The van der Waals surface area contributed by atoms with Crippen LogP contribution in [0.25, 0.3) is 44.5 Å². The summed E-state index contributed by atoms with van der Waals surface area (Å²) < 4.78 is 0. The first kappa shape index (κ1) is 85.6. The third-order valence-electron chi connectivity index (χ3n) is 22.5. The predicted molar refractivity (Wildman–Crippen MR) is 520 cm³/mol. The van der Waals surface area contributed by atoms with E-state index in [0.29, 0.717) is 0 Å². The van der Waals surface area contributed by atoms with Gasteiger partial charge in [-0.1, -0.05) is 331 Å². The Morgan fingerprint density at radius 1 is 0.223 bits per heavy atom. The fourth-order valence-corrected chi connectivity index (χ4v) is 16.8. The molecule has 0 radical (unpaired) electrons. The zero-order valence-electron chi connectivity index (χ0n) is 73.1. The smallest absolute Gasteiger partial charge is 0.0713 e. The zero-order valence-corrected chi connectivity index (χ0v) is 74.0. The molecule has 0 spiro atoms. The lowest BCUT2D eigenvalue weighted by molar-refractivity contribution is 0.659. The van der Waals surface area contributed by atoms with Crippen LogP contribution in [0.4, 0.5) is 34.1 Å². The summed E-state index contributed by atoms with van der Waals surface area (Å²) in [6, 6.07) is 135. The largest absolute Gasteiger partial charge is 0.311 e. The monoisotopic (exact) mass is 1590 g/mol. The molecule has 602 valence electrons. The van der Waals surface area contributed by atoms with Gasteiger partial charge in [0.1, 0.15) is 0 Å². The Bertz CT molecular complexity index is 5860. The topological polar surface area (TPSA) is 32.3 Å². The second-order valence-electron chi connectivity index (χ2n) is 32.8. The maximum atomic E-state index is 4.08. The van der Waals surface area contributed by atoms with Crippen molar-refractivity contribution in [1.82, 2.24) is 9.97 Å². The van der Waals surface area contributed by atoms with Crippen molar-refractivity contribution in [3.63, 3.8) is 0 Å². The van der Waals surface area contributed by atoms with Crippen molar-refractivity contribution < 1.29 is 0 Å². The van der Waals surface area contributed by atoms with E-state index in [1.807, 2.05) is 62.7 Å². The van der Waals surface area contributed by atoms with Gasteiger partial charge in [-0.05, 0) is 289 Å². The van der Waals surface area contributed by atoms with E-state index in [0.717, 1.165) is 28.5 Å². The van der Waals surface area contributed by atoms with Crippen LogP contribution in [0.15, 0.2) is 389 Å². The Morgan fingerprint density at radius 3 is 0.785 bits per heavy atom. The molecule has 0 amide bonds. The van der Waals surface area contributed by atoms with Crippen molar-refractivity contribution in [2.75, 3.05) is 9.80 Å². The summed E-state index contributed by atoms with van der Waals surface area (Å²) in [5.74, 6) is 0. The highest BCUT2D eigenvalue weighted by Crippen LogP contribution is 2.57. The number of aryl methyl sites for hydroxylation is 14. The molecule has 0 N–H and O–H groups in total. The highest BCUT2D eigenvalue weighted by Gasteiger charge is 2.46. The predicted octanol–water partition coefficient (Wildman–Crippen LogP) is 31.9. The Balaban J connectivity index is 0.000000130. The molecule has 0 saturated carbocycles. The minimum Gasteiger partial charge on any atom is -0.311 e. The van der Waals surface area contributed by atoms with E-state index in [4.69, 9.17) is 0 Å². The van der Waals surface area contributed by atoms with Gasteiger partial charge in [-0.2, -0.15) is 0 Å². The van der Waals surface area contributed by atoms with E-state index in [-0.39, 0.29) is 10.8 Å². The van der Waals surface area contributed by atoms with E-state index < -0.39 is 0 Å². The van der Waals surface area contributed by atoms with Gasteiger partial charge >= 0.3 is 0 Å². The van der Waals surface area contributed by atoms with Crippen molar-refractivity contribution in [3.8, 4) is 44.5 Å². The Hall–Kier alpha value is -13.3. The molecule has 121 heavy (non-hydrogen) atoms. The van der Waals surface area contributed by atoms with E-state index >= 15 is 0 Å². The van der Waals surface area contributed by atoms with Crippen molar-refractivity contribution in [1.29, 1.82) is 0 Å². The quantitative estimate of drug-likeness (QED) is 0.137. The number of pyridine rings is 2. The van der Waals surface area contributed by atoms with Crippen LogP contribution in [-0.2, 0) is 10.8 Å². The minimum atomic E-state index is -0.273. The summed E-state index contributed by atoms with van der Waals surface area (Å²) in [5, 5.41) is 0. The molecule has 2 aliphatic carbocycles. The molecule has 4 nitrogen and oxygen atoms in total. The van der Waals surface area contributed by atoms with Crippen LogP contribution in [0.2, 0.25) is 0 Å². The molecule has 2 aliphatic rings. The lowest BCUT2D eigenvalue weighted by Gasteiger charge is -2.34. The number of rotatable bonds is 10. The zero-order chi connectivity index (χ0) is 85.2. The minimum absolute atomic E-state index is 0.142. The van der Waals surface area contributed by atoms with E-state index in [9.17, 15) is 0 Å². The highest BCUT2D eigenvalue weighted by atomic mass is 32.1. The maximum absolute atomic E-state index is 4.08. The average molecular weight is 1590 g/mol. The number of fused-ring (bicyclic) bond motifs is 6. The second kappa shape index (κ2) is 39.5. The maximum Gasteiger partial charge on any atom is 0.0713 e. The molecule has 0 bridgehead atoms. The first-order valence-electron chi connectivity index (χ1n) is 42.0.